The van der Waals surface area contributed by atoms with Crippen molar-refractivity contribution in [2.45, 2.75) is 47.5 Å². The molecule has 1 atom stereocenters. The highest BCUT2D eigenvalue weighted by atomic mass is 16.5. The quantitative estimate of drug-likeness (QED) is 0.206. The van der Waals surface area contributed by atoms with Crippen molar-refractivity contribution < 1.29 is 14.3 Å². The number of nitrogens with zero attached hydrogens (tertiary/aromatic N) is 1. The lowest BCUT2D eigenvalue weighted by molar-refractivity contribution is -0.143. The van der Waals surface area contributed by atoms with Crippen molar-refractivity contribution in [1.82, 2.24) is 4.90 Å². The Morgan fingerprint density at radius 2 is 1.48 bits per heavy atom. The largest absolute Gasteiger partial charge is 0.493 e. The number of carbonyl (C=O) groups is 1. The van der Waals surface area contributed by atoms with E-state index in [-0.39, 0.29) is 18.0 Å². The molecule has 0 aromatic heterocycles. The molecule has 4 nitrogen and oxygen atoms in total. The van der Waals surface area contributed by atoms with Gasteiger partial charge in [0.1, 0.15) is 12.4 Å². The van der Waals surface area contributed by atoms with Crippen LogP contribution in [0.3, 0.4) is 0 Å². The summed E-state index contributed by atoms with van der Waals surface area (Å²) in [6, 6.07) is 0. The zero-order valence-corrected chi connectivity index (χ0v) is 16.7. The second-order valence-corrected chi connectivity index (χ2v) is 6.90. The third-order valence-electron chi connectivity index (χ3n) is 4.20. The number of carbonyl (C=O) groups excluding carboxylic acids is 1. The smallest absolute Gasteiger partial charge is 0.333 e. The number of ether oxygens (including phenoxy) is 2. The fourth-order valence-electron chi connectivity index (χ4n) is 2.21. The number of rotatable bonds is 13. The van der Waals surface area contributed by atoms with Gasteiger partial charge in [0.2, 0.25) is 0 Å². The van der Waals surface area contributed by atoms with Crippen LogP contribution in [0.2, 0.25) is 0 Å². The van der Waals surface area contributed by atoms with Crippen LogP contribution in [-0.2, 0) is 14.3 Å². The van der Waals surface area contributed by atoms with Crippen LogP contribution in [0.25, 0.3) is 0 Å². The van der Waals surface area contributed by atoms with Crippen LogP contribution in [0.1, 0.15) is 47.5 Å². The number of hydrogen-bond acceptors (Lipinski definition) is 4. The third kappa shape index (κ3) is 8.62. The number of allylic oxidation sites excluding steroid dienone is 2. The summed E-state index contributed by atoms with van der Waals surface area (Å²) in [5.74, 6) is 0.174. The van der Waals surface area contributed by atoms with Crippen molar-refractivity contribution in [3.63, 3.8) is 0 Å². The standard InChI is InChI=1S/C21H35NO3/c1-10-22(11-2)18(7)12-13-21(9,14-24-19(8)16(3)4)15-25-20(23)17(5)6/h3,5,7-8,10-15H2,1-2,4,6,9H3. The summed E-state index contributed by atoms with van der Waals surface area (Å²) >= 11 is 0. The van der Waals surface area contributed by atoms with Gasteiger partial charge in [-0.2, -0.15) is 0 Å². The minimum absolute atomic E-state index is 0.258. The van der Waals surface area contributed by atoms with E-state index in [9.17, 15) is 4.79 Å². The highest BCUT2D eigenvalue weighted by Crippen LogP contribution is 2.29. The molecule has 1 unspecified atom stereocenters. The van der Waals surface area contributed by atoms with Crippen LogP contribution in [0.15, 0.2) is 48.9 Å². The lowest BCUT2D eigenvalue weighted by Crippen LogP contribution is -2.32. The van der Waals surface area contributed by atoms with Gasteiger partial charge in [0.25, 0.3) is 0 Å². The molecular weight excluding hydrogens is 314 g/mol. The van der Waals surface area contributed by atoms with Gasteiger partial charge in [-0.05, 0) is 46.1 Å². The highest BCUT2D eigenvalue weighted by Gasteiger charge is 2.28. The van der Waals surface area contributed by atoms with Gasteiger partial charge in [0.15, 0.2) is 0 Å². The molecular formula is C21H35NO3. The molecule has 0 saturated carbocycles. The van der Waals surface area contributed by atoms with Gasteiger partial charge >= 0.3 is 5.97 Å². The Morgan fingerprint density at radius 1 is 0.960 bits per heavy atom. The molecule has 0 heterocycles. The molecule has 0 bridgehead atoms. The van der Waals surface area contributed by atoms with Crippen LogP contribution in [0.4, 0.5) is 0 Å². The van der Waals surface area contributed by atoms with Crippen molar-refractivity contribution in [3.8, 4) is 0 Å². The molecule has 25 heavy (non-hydrogen) atoms. The summed E-state index contributed by atoms with van der Waals surface area (Å²) in [6.07, 6.45) is 1.60. The first-order valence-electron chi connectivity index (χ1n) is 8.79. The van der Waals surface area contributed by atoms with Crippen LogP contribution >= 0.6 is 0 Å². The fraction of sp³-hybridized carbons (Fsp3) is 0.571. The van der Waals surface area contributed by atoms with Gasteiger partial charge in [-0.1, -0.05) is 33.2 Å². The first-order chi connectivity index (χ1) is 11.6. The summed E-state index contributed by atoms with van der Waals surface area (Å²) < 4.78 is 11.1. The summed E-state index contributed by atoms with van der Waals surface area (Å²) in [5.41, 5.74) is 1.91. The monoisotopic (exact) mass is 349 g/mol. The highest BCUT2D eigenvalue weighted by molar-refractivity contribution is 5.86. The molecule has 142 valence electrons. The van der Waals surface area contributed by atoms with E-state index in [4.69, 9.17) is 9.47 Å². The molecule has 0 aromatic rings. The van der Waals surface area contributed by atoms with E-state index >= 15 is 0 Å². The van der Waals surface area contributed by atoms with Crippen LogP contribution in [-0.4, -0.2) is 37.2 Å². The zero-order valence-electron chi connectivity index (χ0n) is 16.7. The summed E-state index contributed by atoms with van der Waals surface area (Å²) in [7, 11) is 0. The first kappa shape index (κ1) is 23.0. The summed E-state index contributed by atoms with van der Waals surface area (Å²) in [6.45, 7) is 27.8. The van der Waals surface area contributed by atoms with Gasteiger partial charge in [-0.15, -0.1) is 0 Å². The maximum atomic E-state index is 11.8. The predicted octanol–water partition coefficient (Wildman–Crippen LogP) is 4.85. The average molecular weight is 350 g/mol. The number of esters is 1. The normalized spacial score (nSPS) is 12.7. The first-order valence-corrected chi connectivity index (χ1v) is 8.79. The van der Waals surface area contributed by atoms with E-state index in [2.05, 4.69) is 45.1 Å². The van der Waals surface area contributed by atoms with E-state index in [0.717, 1.165) is 37.2 Å². The molecule has 0 saturated heterocycles. The summed E-state index contributed by atoms with van der Waals surface area (Å²) in [5, 5.41) is 0. The van der Waals surface area contributed by atoms with E-state index < -0.39 is 0 Å². The Kier molecular flexibility index (Phi) is 9.95. The molecule has 0 aliphatic carbocycles. The van der Waals surface area contributed by atoms with E-state index in [0.29, 0.717) is 17.9 Å². The second kappa shape index (κ2) is 10.8. The van der Waals surface area contributed by atoms with Gasteiger partial charge in [-0.3, -0.25) is 0 Å². The molecule has 0 aliphatic heterocycles. The van der Waals surface area contributed by atoms with Crippen molar-refractivity contribution >= 4 is 5.97 Å². The topological polar surface area (TPSA) is 38.8 Å². The van der Waals surface area contributed by atoms with Gasteiger partial charge < -0.3 is 14.4 Å². The van der Waals surface area contributed by atoms with Crippen molar-refractivity contribution in [1.29, 1.82) is 0 Å². The average Bonchev–Trinajstić information content (AvgIpc) is 2.56. The van der Waals surface area contributed by atoms with Gasteiger partial charge in [0, 0.05) is 29.8 Å². The molecule has 0 N–H and O–H groups in total. The van der Waals surface area contributed by atoms with Crippen LogP contribution in [0, 0.1) is 5.41 Å². The van der Waals surface area contributed by atoms with Gasteiger partial charge in [-0.25, -0.2) is 4.79 Å². The lowest BCUT2D eigenvalue weighted by atomic mass is 9.86. The Bertz CT molecular complexity index is 485. The maximum absolute atomic E-state index is 11.8. The molecule has 0 amide bonds. The molecule has 0 aliphatic rings. The minimum Gasteiger partial charge on any atom is -0.493 e. The van der Waals surface area contributed by atoms with Crippen LogP contribution in [0.5, 0.6) is 0 Å². The summed E-state index contributed by atoms with van der Waals surface area (Å²) in [4.78, 5) is 14.0. The molecule has 0 fully saturated rings. The Morgan fingerprint density at radius 3 is 1.92 bits per heavy atom. The van der Waals surface area contributed by atoms with E-state index in [1.165, 1.54) is 0 Å². The lowest BCUT2D eigenvalue weighted by Gasteiger charge is -2.31. The Balaban J connectivity index is 4.94. The van der Waals surface area contributed by atoms with E-state index in [1.807, 2.05) is 13.8 Å². The number of hydrogen-bond donors (Lipinski definition) is 0. The molecule has 0 rings (SSSR count). The molecule has 0 aromatic carbocycles. The van der Waals surface area contributed by atoms with Crippen molar-refractivity contribution in [2.75, 3.05) is 26.3 Å². The Labute approximate surface area is 153 Å². The predicted molar refractivity (Wildman–Crippen MR) is 105 cm³/mol. The zero-order chi connectivity index (χ0) is 19.6. The third-order valence-corrected chi connectivity index (χ3v) is 4.20. The van der Waals surface area contributed by atoms with Crippen molar-refractivity contribution in [3.05, 3.63) is 48.9 Å². The Hall–Kier alpha value is -1.97. The fourth-order valence-corrected chi connectivity index (χ4v) is 2.21. The molecule has 4 heteroatoms. The van der Waals surface area contributed by atoms with Crippen LogP contribution < -0.4 is 0 Å². The van der Waals surface area contributed by atoms with Crippen molar-refractivity contribution in [2.24, 2.45) is 5.41 Å². The molecule has 0 radical (unpaired) electrons. The molecule has 0 spiro atoms. The minimum atomic E-state index is -0.382. The maximum Gasteiger partial charge on any atom is 0.333 e. The SMILES string of the molecule is C=C(C)C(=C)OCC(C)(CCC(=C)N(CC)CC)COC(=O)C(=C)C. The second-order valence-electron chi connectivity index (χ2n) is 6.90. The van der Waals surface area contributed by atoms with Gasteiger partial charge in [0.05, 0.1) is 6.61 Å². The van der Waals surface area contributed by atoms with E-state index in [1.54, 1.807) is 6.92 Å².